The maximum atomic E-state index is 12.2. The second-order valence-corrected chi connectivity index (χ2v) is 4.51. The number of primary amides is 1. The second-order valence-electron chi connectivity index (χ2n) is 4.51. The molecule has 2 rings (SSSR count). The molecule has 0 aromatic carbocycles. The average Bonchev–Trinajstić information content (AvgIpc) is 2.87. The Balaban J connectivity index is 2.21. The molecular formula is C12H15N3O4. The Morgan fingerprint density at radius 2 is 2.11 bits per heavy atom. The van der Waals surface area contributed by atoms with Crippen molar-refractivity contribution in [3.05, 3.63) is 23.5 Å². The van der Waals surface area contributed by atoms with Gasteiger partial charge in [-0.2, -0.15) is 0 Å². The number of hydrogen-bond donors (Lipinski definition) is 3. The molecule has 1 aliphatic heterocycles. The number of H-pyrrole nitrogens is 1. The van der Waals surface area contributed by atoms with Gasteiger partial charge in [-0.05, 0) is 25.3 Å². The van der Waals surface area contributed by atoms with Gasteiger partial charge in [0, 0.05) is 12.7 Å². The molecule has 102 valence electrons. The average molecular weight is 265 g/mol. The third-order valence-corrected chi connectivity index (χ3v) is 3.25. The van der Waals surface area contributed by atoms with Gasteiger partial charge in [0.2, 0.25) is 5.91 Å². The van der Waals surface area contributed by atoms with E-state index in [-0.39, 0.29) is 11.3 Å². The van der Waals surface area contributed by atoms with Gasteiger partial charge in [-0.3, -0.25) is 9.59 Å². The lowest BCUT2D eigenvalue weighted by Crippen LogP contribution is -2.48. The quantitative estimate of drug-likeness (QED) is 0.723. The molecule has 0 spiro atoms. The van der Waals surface area contributed by atoms with Gasteiger partial charge in [-0.25, -0.2) is 4.79 Å². The highest BCUT2D eigenvalue weighted by atomic mass is 16.4. The van der Waals surface area contributed by atoms with E-state index in [4.69, 9.17) is 10.8 Å². The fraction of sp³-hybridized carbons (Fsp3) is 0.417. The number of carboxylic acids is 1. The Morgan fingerprint density at radius 1 is 1.37 bits per heavy atom. The third-order valence-electron chi connectivity index (χ3n) is 3.25. The van der Waals surface area contributed by atoms with E-state index < -0.39 is 23.8 Å². The summed E-state index contributed by atoms with van der Waals surface area (Å²) in [5.74, 6) is -2.06. The smallest absolute Gasteiger partial charge is 0.326 e. The Hall–Kier alpha value is -2.31. The Kier molecular flexibility index (Phi) is 3.55. The van der Waals surface area contributed by atoms with Crippen molar-refractivity contribution in [3.8, 4) is 0 Å². The molecular weight excluding hydrogens is 250 g/mol. The third kappa shape index (κ3) is 2.59. The summed E-state index contributed by atoms with van der Waals surface area (Å²) in [7, 11) is 0. The summed E-state index contributed by atoms with van der Waals surface area (Å²) >= 11 is 0. The largest absolute Gasteiger partial charge is 0.480 e. The minimum Gasteiger partial charge on any atom is -0.480 e. The SMILES string of the molecule is NC(=O)c1c[nH]c(C(=O)N2CCCCC2C(=O)O)c1. The minimum absolute atomic E-state index is 0.182. The molecule has 1 aliphatic rings. The molecule has 0 radical (unpaired) electrons. The Labute approximate surface area is 109 Å². The summed E-state index contributed by atoms with van der Waals surface area (Å²) < 4.78 is 0. The van der Waals surface area contributed by atoms with Crippen LogP contribution in [-0.4, -0.2) is 45.4 Å². The van der Waals surface area contributed by atoms with Crippen molar-refractivity contribution in [2.75, 3.05) is 6.54 Å². The number of carbonyl (C=O) groups is 3. The van der Waals surface area contributed by atoms with E-state index in [0.717, 1.165) is 12.8 Å². The van der Waals surface area contributed by atoms with Crippen molar-refractivity contribution in [1.29, 1.82) is 0 Å². The minimum atomic E-state index is -1.00. The molecule has 1 unspecified atom stereocenters. The number of aromatic amines is 1. The number of carbonyl (C=O) groups excluding carboxylic acids is 2. The Morgan fingerprint density at radius 3 is 2.68 bits per heavy atom. The van der Waals surface area contributed by atoms with Crippen molar-refractivity contribution >= 4 is 17.8 Å². The number of amides is 2. The van der Waals surface area contributed by atoms with Gasteiger partial charge >= 0.3 is 5.97 Å². The molecule has 7 nitrogen and oxygen atoms in total. The van der Waals surface area contributed by atoms with Crippen molar-refractivity contribution in [3.63, 3.8) is 0 Å². The number of hydrogen-bond acceptors (Lipinski definition) is 3. The number of nitrogens with two attached hydrogens (primary N) is 1. The standard InChI is InChI=1S/C12H15N3O4/c13-10(16)7-5-8(14-6-7)11(17)15-4-2-1-3-9(15)12(18)19/h5-6,9,14H,1-4H2,(H2,13,16)(H,18,19). The van der Waals surface area contributed by atoms with Crippen LogP contribution in [0.3, 0.4) is 0 Å². The zero-order valence-corrected chi connectivity index (χ0v) is 10.3. The lowest BCUT2D eigenvalue weighted by atomic mass is 10.0. The Bertz CT molecular complexity index is 523. The second kappa shape index (κ2) is 5.13. The van der Waals surface area contributed by atoms with Crippen LogP contribution in [0.1, 0.15) is 40.1 Å². The van der Waals surface area contributed by atoms with Crippen molar-refractivity contribution < 1.29 is 19.5 Å². The molecule has 0 aliphatic carbocycles. The van der Waals surface area contributed by atoms with Crippen LogP contribution in [0.5, 0.6) is 0 Å². The predicted molar refractivity (Wildman–Crippen MR) is 65.6 cm³/mol. The molecule has 1 fully saturated rings. The van der Waals surface area contributed by atoms with Crippen LogP contribution in [0, 0.1) is 0 Å². The lowest BCUT2D eigenvalue weighted by molar-refractivity contribution is -0.143. The summed E-state index contributed by atoms with van der Waals surface area (Å²) in [5.41, 5.74) is 5.49. The van der Waals surface area contributed by atoms with Crippen molar-refractivity contribution in [2.45, 2.75) is 25.3 Å². The molecule has 7 heteroatoms. The van der Waals surface area contributed by atoms with Gasteiger partial charge in [-0.1, -0.05) is 0 Å². The lowest BCUT2D eigenvalue weighted by Gasteiger charge is -2.32. The summed E-state index contributed by atoms with van der Waals surface area (Å²) in [5, 5.41) is 9.12. The monoisotopic (exact) mass is 265 g/mol. The van der Waals surface area contributed by atoms with E-state index in [1.54, 1.807) is 0 Å². The number of aromatic nitrogens is 1. The molecule has 2 heterocycles. The first kappa shape index (κ1) is 13.1. The molecule has 1 aromatic rings. The maximum Gasteiger partial charge on any atom is 0.326 e. The summed E-state index contributed by atoms with van der Waals surface area (Å²) in [6.07, 6.45) is 3.36. The predicted octanol–water partition coefficient (Wildman–Crippen LogP) is 0.193. The zero-order valence-electron chi connectivity index (χ0n) is 10.3. The van der Waals surface area contributed by atoms with Gasteiger partial charge < -0.3 is 20.7 Å². The molecule has 1 aromatic heterocycles. The first-order valence-corrected chi connectivity index (χ1v) is 6.02. The molecule has 2 amide bonds. The van der Waals surface area contributed by atoms with Crippen LogP contribution in [0.25, 0.3) is 0 Å². The van der Waals surface area contributed by atoms with Gasteiger partial charge in [0.05, 0.1) is 5.56 Å². The van der Waals surface area contributed by atoms with Gasteiger partial charge in [-0.15, -0.1) is 0 Å². The van der Waals surface area contributed by atoms with Crippen molar-refractivity contribution in [2.24, 2.45) is 5.73 Å². The van der Waals surface area contributed by atoms with Gasteiger partial charge in [0.25, 0.3) is 5.91 Å². The molecule has 1 atom stereocenters. The number of nitrogens with one attached hydrogen (secondary N) is 1. The van der Waals surface area contributed by atoms with Gasteiger partial charge in [0.1, 0.15) is 11.7 Å². The maximum absolute atomic E-state index is 12.2. The summed E-state index contributed by atoms with van der Waals surface area (Å²) in [6, 6.07) is 0.541. The highest BCUT2D eigenvalue weighted by Gasteiger charge is 2.33. The van der Waals surface area contributed by atoms with E-state index in [1.165, 1.54) is 17.2 Å². The first-order valence-electron chi connectivity index (χ1n) is 6.02. The van der Waals surface area contributed by atoms with Crippen LogP contribution in [0.15, 0.2) is 12.3 Å². The number of carboxylic acid groups (broad SMARTS) is 1. The van der Waals surface area contributed by atoms with Gasteiger partial charge in [0.15, 0.2) is 0 Å². The van der Waals surface area contributed by atoms with E-state index in [0.29, 0.717) is 13.0 Å². The van der Waals surface area contributed by atoms with Crippen LogP contribution in [-0.2, 0) is 4.79 Å². The number of rotatable bonds is 3. The molecule has 0 bridgehead atoms. The van der Waals surface area contributed by atoms with Crippen LogP contribution in [0.4, 0.5) is 0 Å². The molecule has 0 saturated carbocycles. The summed E-state index contributed by atoms with van der Waals surface area (Å²) in [6.45, 7) is 0.403. The van der Waals surface area contributed by atoms with Crippen LogP contribution >= 0.6 is 0 Å². The molecule has 19 heavy (non-hydrogen) atoms. The zero-order chi connectivity index (χ0) is 14.0. The number of aliphatic carboxylic acids is 1. The molecule has 1 saturated heterocycles. The number of nitrogens with zero attached hydrogens (tertiary/aromatic N) is 1. The highest BCUT2D eigenvalue weighted by Crippen LogP contribution is 2.20. The molecule has 4 N–H and O–H groups in total. The fourth-order valence-electron chi connectivity index (χ4n) is 2.25. The summed E-state index contributed by atoms with van der Waals surface area (Å²) in [4.78, 5) is 38.3. The first-order chi connectivity index (χ1) is 9.00. The number of piperidine rings is 1. The van der Waals surface area contributed by atoms with E-state index >= 15 is 0 Å². The highest BCUT2D eigenvalue weighted by molar-refractivity contribution is 5.99. The normalized spacial score (nSPS) is 19.2. The fourth-order valence-corrected chi connectivity index (χ4v) is 2.25. The van der Waals surface area contributed by atoms with Crippen LogP contribution < -0.4 is 5.73 Å². The van der Waals surface area contributed by atoms with Crippen molar-refractivity contribution in [1.82, 2.24) is 9.88 Å². The van der Waals surface area contributed by atoms with E-state index in [1.807, 2.05) is 0 Å². The van der Waals surface area contributed by atoms with E-state index in [2.05, 4.69) is 4.98 Å². The van der Waals surface area contributed by atoms with Crippen LogP contribution in [0.2, 0.25) is 0 Å². The topological polar surface area (TPSA) is 116 Å². The van der Waals surface area contributed by atoms with E-state index in [9.17, 15) is 14.4 Å². The number of likely N-dealkylation sites (tertiary alicyclic amines) is 1.